The average Bonchev–Trinajstić information content (AvgIpc) is 2.71. The molecule has 1 heteroatoms. The highest BCUT2D eigenvalue weighted by Crippen LogP contribution is 2.69. The van der Waals surface area contributed by atoms with Crippen molar-refractivity contribution in [3.63, 3.8) is 0 Å². The van der Waals surface area contributed by atoms with Crippen LogP contribution in [0.25, 0.3) is 0 Å². The summed E-state index contributed by atoms with van der Waals surface area (Å²) in [6, 6.07) is 0. The molecular formula is C21H37B. The molecule has 2 heterocycles. The highest BCUT2D eigenvalue weighted by atomic mass is 14.6. The van der Waals surface area contributed by atoms with Crippen molar-refractivity contribution in [1.29, 1.82) is 0 Å². The fraction of sp³-hybridized carbons (Fsp3) is 1.00. The fourth-order valence-electron chi connectivity index (χ4n) is 7.69. The molecule has 5 rings (SSSR count). The van der Waals surface area contributed by atoms with Crippen LogP contribution in [0.15, 0.2) is 0 Å². The first kappa shape index (κ1) is 15.6. The Hall–Kier alpha value is 0.0649. The first-order valence-electron chi connectivity index (χ1n) is 10.5. The van der Waals surface area contributed by atoms with Gasteiger partial charge in [-0.15, -0.1) is 0 Å². The molecule has 0 spiro atoms. The van der Waals surface area contributed by atoms with Crippen LogP contribution >= 0.6 is 0 Å². The maximum absolute atomic E-state index is 2.59. The van der Waals surface area contributed by atoms with Crippen molar-refractivity contribution in [3.8, 4) is 0 Å². The molecule has 4 bridgehead atoms. The van der Waals surface area contributed by atoms with Crippen LogP contribution in [0, 0.1) is 29.1 Å². The zero-order valence-corrected chi connectivity index (χ0v) is 15.5. The van der Waals surface area contributed by atoms with Gasteiger partial charge in [0.2, 0.25) is 0 Å². The SMILES string of the molecule is CC(C)CC1[C@H]2C[C@@H](C[C@H]1B1[C@@H]3CCCC[C@H]1CC3)C2(C)C. The summed E-state index contributed by atoms with van der Waals surface area (Å²) >= 11 is 0. The first-order valence-corrected chi connectivity index (χ1v) is 10.5. The maximum Gasteiger partial charge on any atom is 0.149 e. The minimum absolute atomic E-state index is 0.667. The highest BCUT2D eigenvalue weighted by Gasteiger charge is 2.60. The van der Waals surface area contributed by atoms with E-state index in [2.05, 4.69) is 27.7 Å². The predicted octanol–water partition coefficient (Wildman–Crippen LogP) is 6.69. The summed E-state index contributed by atoms with van der Waals surface area (Å²) in [4.78, 5) is 0. The Morgan fingerprint density at radius 1 is 0.955 bits per heavy atom. The number of fused-ring (bicyclic) bond motifs is 5. The Balaban J connectivity index is 1.59. The van der Waals surface area contributed by atoms with Gasteiger partial charge in [0.05, 0.1) is 0 Å². The van der Waals surface area contributed by atoms with E-state index in [1.54, 1.807) is 38.5 Å². The zero-order valence-electron chi connectivity index (χ0n) is 15.5. The molecule has 2 saturated heterocycles. The molecule has 0 N–H and O–H groups in total. The van der Waals surface area contributed by atoms with Gasteiger partial charge in [0.15, 0.2) is 0 Å². The Morgan fingerprint density at radius 2 is 1.59 bits per heavy atom. The molecule has 22 heavy (non-hydrogen) atoms. The summed E-state index contributed by atoms with van der Waals surface area (Å²) in [5.74, 6) is 7.42. The Bertz CT molecular complexity index is 398. The van der Waals surface area contributed by atoms with E-state index in [1.807, 2.05) is 0 Å². The number of hydrogen-bond donors (Lipinski definition) is 0. The van der Waals surface area contributed by atoms with Crippen LogP contribution in [0.3, 0.4) is 0 Å². The van der Waals surface area contributed by atoms with E-state index >= 15 is 0 Å². The minimum atomic E-state index is 0.667. The summed E-state index contributed by atoms with van der Waals surface area (Å²) < 4.78 is 0. The summed E-state index contributed by atoms with van der Waals surface area (Å²) in [6.45, 7) is 11.3. The standard InChI is InChI=1S/C21H37B/c1-14(2)11-18-19-12-15(21(19,3)4)13-20(18)22-16-7-5-6-8-17(22)10-9-16/h14-20H,5-13H2,1-4H3/t15-,16-,17+,18?,19+,20+/m0/s1. The normalized spacial score (nSPS) is 46.5. The number of rotatable bonds is 3. The first-order chi connectivity index (χ1) is 10.5. The highest BCUT2D eigenvalue weighted by molar-refractivity contribution is 6.64. The van der Waals surface area contributed by atoms with Gasteiger partial charge in [-0.2, -0.15) is 0 Å². The van der Waals surface area contributed by atoms with Crippen LogP contribution in [0.5, 0.6) is 0 Å². The molecule has 2 aliphatic heterocycles. The Labute approximate surface area is 139 Å². The van der Waals surface area contributed by atoms with Crippen molar-refractivity contribution in [2.75, 3.05) is 0 Å². The molecule has 0 aromatic heterocycles. The average molecular weight is 300 g/mol. The quantitative estimate of drug-likeness (QED) is 0.509. The van der Waals surface area contributed by atoms with Gasteiger partial charge in [0, 0.05) is 0 Å². The van der Waals surface area contributed by atoms with Gasteiger partial charge in [-0.1, -0.05) is 90.1 Å². The van der Waals surface area contributed by atoms with Crippen LogP contribution < -0.4 is 0 Å². The molecule has 0 nitrogen and oxygen atoms in total. The van der Waals surface area contributed by atoms with Crippen LogP contribution in [0.2, 0.25) is 17.5 Å². The Morgan fingerprint density at radius 3 is 2.14 bits per heavy atom. The summed E-state index contributed by atoms with van der Waals surface area (Å²) in [5.41, 5.74) is 0.667. The van der Waals surface area contributed by atoms with Gasteiger partial charge in [0.1, 0.15) is 6.71 Å². The zero-order chi connectivity index (χ0) is 15.5. The lowest BCUT2D eigenvalue weighted by atomic mass is 9.23. The van der Waals surface area contributed by atoms with E-state index in [0.717, 1.165) is 47.8 Å². The van der Waals surface area contributed by atoms with E-state index in [0.29, 0.717) is 5.41 Å². The van der Waals surface area contributed by atoms with Crippen molar-refractivity contribution < 1.29 is 0 Å². The van der Waals surface area contributed by atoms with Crippen molar-refractivity contribution >= 4 is 6.71 Å². The smallest absolute Gasteiger partial charge is 0.0628 e. The lowest BCUT2D eigenvalue weighted by Crippen LogP contribution is -2.57. The molecule has 0 aromatic rings. The second-order valence-electron chi connectivity index (χ2n) is 10.5. The fourth-order valence-corrected chi connectivity index (χ4v) is 7.69. The van der Waals surface area contributed by atoms with Gasteiger partial charge < -0.3 is 0 Å². The molecule has 0 radical (unpaired) electrons. The summed E-state index contributed by atoms with van der Waals surface area (Å²) in [7, 11) is 0. The van der Waals surface area contributed by atoms with E-state index < -0.39 is 0 Å². The molecule has 3 saturated carbocycles. The summed E-state index contributed by atoms with van der Waals surface area (Å²) in [6.07, 6.45) is 14.1. The molecular weight excluding hydrogens is 263 g/mol. The van der Waals surface area contributed by atoms with Gasteiger partial charge in [-0.05, 0) is 41.9 Å². The molecule has 0 aromatic carbocycles. The van der Waals surface area contributed by atoms with Gasteiger partial charge in [0.25, 0.3) is 0 Å². The number of hydrogen-bond acceptors (Lipinski definition) is 0. The Kier molecular flexibility index (Phi) is 3.94. The lowest BCUT2D eigenvalue weighted by molar-refractivity contribution is -0.110. The van der Waals surface area contributed by atoms with E-state index in [1.165, 1.54) is 19.3 Å². The molecule has 124 valence electrons. The van der Waals surface area contributed by atoms with Gasteiger partial charge in [-0.25, -0.2) is 0 Å². The second kappa shape index (κ2) is 5.56. The van der Waals surface area contributed by atoms with Crippen molar-refractivity contribution in [1.82, 2.24) is 0 Å². The van der Waals surface area contributed by atoms with Gasteiger partial charge in [-0.3, -0.25) is 0 Å². The molecule has 5 aliphatic rings. The third-order valence-electron chi connectivity index (χ3n) is 8.80. The van der Waals surface area contributed by atoms with Crippen molar-refractivity contribution in [2.24, 2.45) is 29.1 Å². The largest absolute Gasteiger partial charge is 0.149 e. The second-order valence-corrected chi connectivity index (χ2v) is 10.5. The van der Waals surface area contributed by atoms with Gasteiger partial charge >= 0.3 is 0 Å². The van der Waals surface area contributed by atoms with E-state index in [9.17, 15) is 0 Å². The lowest BCUT2D eigenvalue weighted by Gasteiger charge is -2.64. The predicted molar refractivity (Wildman–Crippen MR) is 97.6 cm³/mol. The third kappa shape index (κ3) is 2.32. The van der Waals surface area contributed by atoms with Crippen LogP contribution in [-0.2, 0) is 0 Å². The van der Waals surface area contributed by atoms with E-state index in [4.69, 9.17) is 0 Å². The van der Waals surface area contributed by atoms with Crippen molar-refractivity contribution in [3.05, 3.63) is 0 Å². The molecule has 5 fully saturated rings. The van der Waals surface area contributed by atoms with Crippen LogP contribution in [-0.4, -0.2) is 6.71 Å². The van der Waals surface area contributed by atoms with Crippen molar-refractivity contribution in [2.45, 2.75) is 103 Å². The van der Waals surface area contributed by atoms with Crippen LogP contribution in [0.1, 0.15) is 85.5 Å². The van der Waals surface area contributed by atoms with Crippen LogP contribution in [0.4, 0.5) is 0 Å². The molecule has 3 aliphatic carbocycles. The topological polar surface area (TPSA) is 0 Å². The monoisotopic (exact) mass is 300 g/mol. The van der Waals surface area contributed by atoms with E-state index in [-0.39, 0.29) is 0 Å². The minimum Gasteiger partial charge on any atom is -0.0628 e. The summed E-state index contributed by atoms with van der Waals surface area (Å²) in [5, 5.41) is 0. The molecule has 0 amide bonds. The third-order valence-corrected chi connectivity index (χ3v) is 8.80. The molecule has 6 atom stereocenters. The molecule has 1 unspecified atom stereocenters. The maximum atomic E-state index is 2.59.